The number of benzene rings is 1. The average Bonchev–Trinajstić information content (AvgIpc) is 2.55. The van der Waals surface area contributed by atoms with Crippen LogP contribution in [0.2, 0.25) is 0 Å². The molecule has 0 spiro atoms. The molecule has 0 atom stereocenters. The molecule has 1 aliphatic rings. The van der Waals surface area contributed by atoms with Gasteiger partial charge in [-0.15, -0.1) is 0 Å². The van der Waals surface area contributed by atoms with Crippen molar-refractivity contribution in [1.29, 1.82) is 0 Å². The van der Waals surface area contributed by atoms with Crippen LogP contribution in [0.4, 0.5) is 0 Å². The zero-order valence-electron chi connectivity index (χ0n) is 13.7. The molecule has 1 aliphatic heterocycles. The van der Waals surface area contributed by atoms with Gasteiger partial charge in [-0.2, -0.15) is 0 Å². The Bertz CT molecular complexity index is 378. The topological polar surface area (TPSA) is 27.3 Å². The molecule has 118 valence electrons. The minimum Gasteiger partial charge on any atom is -0.317 e. The second kappa shape index (κ2) is 9.19. The molecule has 0 aromatic heterocycles. The third kappa shape index (κ3) is 5.77. The molecule has 0 bridgehead atoms. The minimum atomic E-state index is 0.855. The fourth-order valence-electron chi connectivity index (χ4n) is 2.97. The van der Waals surface area contributed by atoms with Gasteiger partial charge < -0.3 is 10.6 Å². The molecule has 0 unspecified atom stereocenters. The Balaban J connectivity index is 1.71. The van der Waals surface area contributed by atoms with Crippen molar-refractivity contribution in [1.82, 2.24) is 15.5 Å². The second-order valence-corrected chi connectivity index (χ2v) is 6.10. The van der Waals surface area contributed by atoms with Crippen LogP contribution < -0.4 is 10.6 Å². The molecule has 1 heterocycles. The Morgan fingerprint density at radius 1 is 1.05 bits per heavy atom. The first-order chi connectivity index (χ1) is 10.3. The largest absolute Gasteiger partial charge is 0.317 e. The van der Waals surface area contributed by atoms with Crippen LogP contribution in [0.1, 0.15) is 37.8 Å². The third-order valence-electron chi connectivity index (χ3n) is 4.54. The van der Waals surface area contributed by atoms with Crippen LogP contribution in [0, 0.1) is 5.92 Å². The molecular weight excluding hydrogens is 258 g/mol. The van der Waals surface area contributed by atoms with E-state index in [-0.39, 0.29) is 0 Å². The maximum atomic E-state index is 3.62. The van der Waals surface area contributed by atoms with Gasteiger partial charge in [0.05, 0.1) is 0 Å². The van der Waals surface area contributed by atoms with Crippen LogP contribution in [0.3, 0.4) is 0 Å². The van der Waals surface area contributed by atoms with Crippen molar-refractivity contribution < 1.29 is 0 Å². The average molecular weight is 289 g/mol. The molecule has 1 saturated heterocycles. The Morgan fingerprint density at radius 3 is 2.29 bits per heavy atom. The summed E-state index contributed by atoms with van der Waals surface area (Å²) in [4.78, 5) is 2.45. The summed E-state index contributed by atoms with van der Waals surface area (Å²) in [5.41, 5.74) is 2.81. The highest BCUT2D eigenvalue weighted by atomic mass is 15.1. The summed E-state index contributed by atoms with van der Waals surface area (Å²) in [6.07, 6.45) is 2.63. The number of nitrogens with one attached hydrogen (secondary N) is 2. The van der Waals surface area contributed by atoms with Gasteiger partial charge in [0.25, 0.3) is 0 Å². The van der Waals surface area contributed by atoms with Gasteiger partial charge >= 0.3 is 0 Å². The zero-order valence-corrected chi connectivity index (χ0v) is 13.7. The van der Waals surface area contributed by atoms with E-state index in [1.807, 2.05) is 0 Å². The van der Waals surface area contributed by atoms with E-state index < -0.39 is 0 Å². The van der Waals surface area contributed by atoms with Gasteiger partial charge in [0.2, 0.25) is 0 Å². The van der Waals surface area contributed by atoms with Crippen molar-refractivity contribution in [3.8, 4) is 0 Å². The van der Waals surface area contributed by atoms with E-state index in [0.29, 0.717) is 0 Å². The molecule has 3 heteroatoms. The standard InChI is InChI=1S/C18H31N3/c1-3-21(4-2)15-18-7-5-16(6-8-18)13-20-14-17-9-11-19-12-10-17/h5-8,17,19-20H,3-4,9-15H2,1-2H3. The van der Waals surface area contributed by atoms with Gasteiger partial charge in [0.1, 0.15) is 0 Å². The lowest BCUT2D eigenvalue weighted by Crippen LogP contribution is -2.33. The number of nitrogens with zero attached hydrogens (tertiary/aromatic N) is 1. The van der Waals surface area contributed by atoms with Crippen molar-refractivity contribution in [3.63, 3.8) is 0 Å². The van der Waals surface area contributed by atoms with E-state index in [2.05, 4.69) is 53.6 Å². The Morgan fingerprint density at radius 2 is 1.67 bits per heavy atom. The van der Waals surface area contributed by atoms with E-state index in [9.17, 15) is 0 Å². The maximum Gasteiger partial charge on any atom is 0.0233 e. The molecule has 0 aliphatic carbocycles. The van der Waals surface area contributed by atoms with Crippen molar-refractivity contribution in [2.24, 2.45) is 5.92 Å². The highest BCUT2D eigenvalue weighted by Crippen LogP contribution is 2.11. The van der Waals surface area contributed by atoms with Gasteiger partial charge in [0, 0.05) is 13.1 Å². The van der Waals surface area contributed by atoms with E-state index in [0.717, 1.165) is 38.6 Å². The lowest BCUT2D eigenvalue weighted by Gasteiger charge is -2.22. The number of piperidine rings is 1. The van der Waals surface area contributed by atoms with E-state index in [1.54, 1.807) is 0 Å². The molecule has 2 N–H and O–H groups in total. The molecule has 1 fully saturated rings. The first kappa shape index (κ1) is 16.5. The summed E-state index contributed by atoms with van der Waals surface area (Å²) in [5.74, 6) is 0.855. The number of hydrogen-bond donors (Lipinski definition) is 2. The Kier molecular flexibility index (Phi) is 7.20. The van der Waals surface area contributed by atoms with Gasteiger partial charge in [-0.05, 0) is 62.6 Å². The van der Waals surface area contributed by atoms with Crippen molar-refractivity contribution in [2.75, 3.05) is 32.7 Å². The van der Waals surface area contributed by atoms with E-state index in [4.69, 9.17) is 0 Å². The molecule has 21 heavy (non-hydrogen) atoms. The highest BCUT2D eigenvalue weighted by molar-refractivity contribution is 5.22. The molecule has 1 aromatic carbocycles. The van der Waals surface area contributed by atoms with Gasteiger partial charge in [0.15, 0.2) is 0 Å². The zero-order chi connectivity index (χ0) is 14.9. The van der Waals surface area contributed by atoms with Crippen LogP contribution >= 0.6 is 0 Å². The van der Waals surface area contributed by atoms with E-state index in [1.165, 1.54) is 37.1 Å². The van der Waals surface area contributed by atoms with Crippen molar-refractivity contribution in [2.45, 2.75) is 39.8 Å². The monoisotopic (exact) mass is 289 g/mol. The summed E-state index contributed by atoms with van der Waals surface area (Å²) < 4.78 is 0. The lowest BCUT2D eigenvalue weighted by molar-refractivity contribution is 0.296. The first-order valence-electron chi connectivity index (χ1n) is 8.53. The molecule has 2 rings (SSSR count). The Labute approximate surface area is 130 Å². The summed E-state index contributed by atoms with van der Waals surface area (Å²) >= 11 is 0. The lowest BCUT2D eigenvalue weighted by atomic mass is 9.98. The van der Waals surface area contributed by atoms with Gasteiger partial charge in [-0.1, -0.05) is 38.1 Å². The summed E-state index contributed by atoms with van der Waals surface area (Å²) in [6, 6.07) is 9.10. The van der Waals surface area contributed by atoms with Crippen LogP contribution in [-0.4, -0.2) is 37.6 Å². The van der Waals surface area contributed by atoms with Crippen LogP contribution in [0.5, 0.6) is 0 Å². The molecular formula is C18H31N3. The Hall–Kier alpha value is -0.900. The second-order valence-electron chi connectivity index (χ2n) is 6.10. The maximum absolute atomic E-state index is 3.62. The predicted molar refractivity (Wildman–Crippen MR) is 90.4 cm³/mol. The molecule has 0 radical (unpaired) electrons. The fourth-order valence-corrected chi connectivity index (χ4v) is 2.97. The quantitative estimate of drug-likeness (QED) is 0.770. The van der Waals surface area contributed by atoms with Crippen molar-refractivity contribution in [3.05, 3.63) is 35.4 Å². The molecule has 0 amide bonds. The third-order valence-corrected chi connectivity index (χ3v) is 4.54. The summed E-state index contributed by atoms with van der Waals surface area (Å²) in [5, 5.41) is 7.04. The SMILES string of the molecule is CCN(CC)Cc1ccc(CNCC2CCNCC2)cc1. The van der Waals surface area contributed by atoms with Crippen molar-refractivity contribution >= 4 is 0 Å². The summed E-state index contributed by atoms with van der Waals surface area (Å²) in [6.45, 7) is 12.3. The number of rotatable bonds is 8. The van der Waals surface area contributed by atoms with E-state index >= 15 is 0 Å². The predicted octanol–water partition coefficient (Wildman–Crippen LogP) is 2.62. The summed E-state index contributed by atoms with van der Waals surface area (Å²) in [7, 11) is 0. The van der Waals surface area contributed by atoms with Gasteiger partial charge in [-0.3, -0.25) is 4.90 Å². The van der Waals surface area contributed by atoms with Crippen LogP contribution in [-0.2, 0) is 13.1 Å². The molecule has 0 saturated carbocycles. The smallest absolute Gasteiger partial charge is 0.0233 e. The van der Waals surface area contributed by atoms with Crippen LogP contribution in [0.25, 0.3) is 0 Å². The van der Waals surface area contributed by atoms with Gasteiger partial charge in [-0.25, -0.2) is 0 Å². The normalized spacial score (nSPS) is 16.5. The fraction of sp³-hybridized carbons (Fsp3) is 0.667. The number of hydrogen-bond acceptors (Lipinski definition) is 3. The highest BCUT2D eigenvalue weighted by Gasteiger charge is 2.11. The molecule has 3 nitrogen and oxygen atoms in total. The minimum absolute atomic E-state index is 0.855. The van der Waals surface area contributed by atoms with Crippen LogP contribution in [0.15, 0.2) is 24.3 Å². The molecule has 1 aromatic rings. The first-order valence-corrected chi connectivity index (χ1v) is 8.53.